The van der Waals surface area contributed by atoms with Crippen LogP contribution in [0.2, 0.25) is 0 Å². The number of hydrogen-bond acceptors (Lipinski definition) is 5. The van der Waals surface area contributed by atoms with Gasteiger partial charge in [0.15, 0.2) is 0 Å². The van der Waals surface area contributed by atoms with Gasteiger partial charge in [0, 0.05) is 13.1 Å². The number of esters is 1. The lowest BCUT2D eigenvalue weighted by atomic mass is 10.4. The highest BCUT2D eigenvalue weighted by atomic mass is 16.5. The Morgan fingerprint density at radius 3 is 2.11 bits per heavy atom. The third-order valence-corrected chi connectivity index (χ3v) is 2.34. The van der Waals surface area contributed by atoms with Crippen LogP contribution in [0.4, 0.5) is 0 Å². The Hall–Kier alpha value is -1.98. The fourth-order valence-electron chi connectivity index (χ4n) is 1.52. The Morgan fingerprint density at radius 2 is 1.78 bits per heavy atom. The lowest BCUT2D eigenvalue weighted by Crippen LogP contribution is -2.18. The van der Waals surface area contributed by atoms with Crippen molar-refractivity contribution in [2.24, 2.45) is 0 Å². The number of ether oxygens (including phenoxy) is 1. The van der Waals surface area contributed by atoms with Crippen LogP contribution in [0.15, 0.2) is 23.5 Å². The molecule has 0 saturated heterocycles. The SMILES string of the molecule is CCOC(=O)C1=CCCN1.O=C(O)C1=CCCN1. The molecule has 0 unspecified atom stereocenters. The van der Waals surface area contributed by atoms with Crippen molar-refractivity contribution >= 4 is 11.9 Å². The van der Waals surface area contributed by atoms with Crippen molar-refractivity contribution < 1.29 is 19.4 Å². The Balaban J connectivity index is 0.000000184. The van der Waals surface area contributed by atoms with E-state index in [2.05, 4.69) is 10.6 Å². The summed E-state index contributed by atoms with van der Waals surface area (Å²) in [5.41, 5.74) is 0.951. The predicted octanol–water partition coefficient (Wildman–Crippen LogP) is 0.375. The van der Waals surface area contributed by atoms with Crippen LogP contribution in [0.1, 0.15) is 19.8 Å². The number of carboxylic acid groups (broad SMARTS) is 1. The third kappa shape index (κ3) is 4.48. The van der Waals surface area contributed by atoms with Gasteiger partial charge < -0.3 is 20.5 Å². The highest BCUT2D eigenvalue weighted by Gasteiger charge is 2.12. The molecule has 3 N–H and O–H groups in total. The summed E-state index contributed by atoms with van der Waals surface area (Å²) in [4.78, 5) is 21.0. The molecule has 100 valence electrons. The summed E-state index contributed by atoms with van der Waals surface area (Å²) in [6, 6.07) is 0. The van der Waals surface area contributed by atoms with Gasteiger partial charge in [0.05, 0.1) is 6.61 Å². The molecule has 0 amide bonds. The minimum Gasteiger partial charge on any atom is -0.477 e. The molecule has 0 bridgehead atoms. The molecule has 6 nitrogen and oxygen atoms in total. The zero-order valence-electron chi connectivity index (χ0n) is 10.4. The van der Waals surface area contributed by atoms with Crippen LogP contribution in [0.25, 0.3) is 0 Å². The average molecular weight is 254 g/mol. The summed E-state index contributed by atoms with van der Waals surface area (Å²) in [6.07, 6.45) is 5.30. The van der Waals surface area contributed by atoms with Crippen LogP contribution in [-0.2, 0) is 14.3 Å². The van der Waals surface area contributed by atoms with Crippen LogP contribution in [-0.4, -0.2) is 36.7 Å². The maximum Gasteiger partial charge on any atom is 0.354 e. The second-order valence-corrected chi connectivity index (χ2v) is 3.69. The van der Waals surface area contributed by atoms with Gasteiger partial charge in [0.1, 0.15) is 11.4 Å². The van der Waals surface area contributed by atoms with Gasteiger partial charge in [-0.3, -0.25) is 0 Å². The van der Waals surface area contributed by atoms with Crippen LogP contribution >= 0.6 is 0 Å². The molecule has 0 aromatic heterocycles. The number of nitrogens with one attached hydrogen (secondary N) is 2. The Kier molecular flexibility index (Phi) is 5.76. The maximum atomic E-state index is 10.9. The van der Waals surface area contributed by atoms with E-state index in [0.29, 0.717) is 18.0 Å². The van der Waals surface area contributed by atoms with Gasteiger partial charge in [-0.2, -0.15) is 0 Å². The summed E-state index contributed by atoms with van der Waals surface area (Å²) >= 11 is 0. The molecule has 2 heterocycles. The van der Waals surface area contributed by atoms with Crippen LogP contribution in [0.3, 0.4) is 0 Å². The van der Waals surface area contributed by atoms with Gasteiger partial charge in [-0.15, -0.1) is 0 Å². The molecule has 0 saturated carbocycles. The molecule has 0 spiro atoms. The monoisotopic (exact) mass is 254 g/mol. The van der Waals surface area contributed by atoms with Gasteiger partial charge >= 0.3 is 11.9 Å². The van der Waals surface area contributed by atoms with E-state index in [0.717, 1.165) is 25.9 Å². The van der Waals surface area contributed by atoms with Crippen LogP contribution in [0, 0.1) is 0 Å². The number of aliphatic carboxylic acids is 1. The van der Waals surface area contributed by atoms with Crippen molar-refractivity contribution in [3.8, 4) is 0 Å². The van der Waals surface area contributed by atoms with Gasteiger partial charge in [0.25, 0.3) is 0 Å². The summed E-state index contributed by atoms with van der Waals surface area (Å²) in [7, 11) is 0. The summed E-state index contributed by atoms with van der Waals surface area (Å²) in [5, 5.41) is 13.9. The van der Waals surface area contributed by atoms with E-state index in [9.17, 15) is 9.59 Å². The normalized spacial score (nSPS) is 16.5. The molecular formula is C12H18N2O4. The predicted molar refractivity (Wildman–Crippen MR) is 65.7 cm³/mol. The fraction of sp³-hybridized carbons (Fsp3) is 0.500. The second-order valence-electron chi connectivity index (χ2n) is 3.69. The van der Waals surface area contributed by atoms with E-state index in [-0.39, 0.29) is 5.97 Å². The smallest absolute Gasteiger partial charge is 0.354 e. The minimum atomic E-state index is -0.859. The summed E-state index contributed by atoms with van der Waals surface area (Å²) in [6.45, 7) is 3.86. The number of carbonyl (C=O) groups is 2. The number of rotatable bonds is 3. The van der Waals surface area contributed by atoms with E-state index in [1.165, 1.54) is 0 Å². The molecule has 2 rings (SSSR count). The minimum absolute atomic E-state index is 0.236. The number of carboxylic acids is 1. The molecule has 0 atom stereocenters. The molecular weight excluding hydrogens is 236 g/mol. The van der Waals surface area contributed by atoms with Gasteiger partial charge in [-0.25, -0.2) is 9.59 Å². The highest BCUT2D eigenvalue weighted by Crippen LogP contribution is 2.02. The lowest BCUT2D eigenvalue weighted by molar-refractivity contribution is -0.139. The van der Waals surface area contributed by atoms with E-state index in [4.69, 9.17) is 9.84 Å². The molecule has 0 fully saturated rings. The average Bonchev–Trinajstić information content (AvgIpc) is 3.04. The molecule has 2 aliphatic rings. The zero-order chi connectivity index (χ0) is 13.4. The van der Waals surface area contributed by atoms with E-state index in [1.54, 1.807) is 13.0 Å². The van der Waals surface area contributed by atoms with Gasteiger partial charge in [0.2, 0.25) is 0 Å². The van der Waals surface area contributed by atoms with Crippen LogP contribution in [0.5, 0.6) is 0 Å². The first-order valence-electron chi connectivity index (χ1n) is 5.93. The Labute approximate surface area is 106 Å². The molecule has 2 aliphatic heterocycles. The molecule has 0 aliphatic carbocycles. The van der Waals surface area contributed by atoms with Crippen molar-refractivity contribution in [3.05, 3.63) is 23.5 Å². The quantitative estimate of drug-likeness (QED) is 0.631. The Bertz CT molecular complexity index is 374. The van der Waals surface area contributed by atoms with Crippen molar-refractivity contribution in [3.63, 3.8) is 0 Å². The van der Waals surface area contributed by atoms with Crippen molar-refractivity contribution in [1.82, 2.24) is 10.6 Å². The molecule has 0 aromatic rings. The number of carbonyl (C=O) groups excluding carboxylic acids is 1. The highest BCUT2D eigenvalue weighted by molar-refractivity contribution is 5.88. The largest absolute Gasteiger partial charge is 0.477 e. The lowest BCUT2D eigenvalue weighted by Gasteiger charge is -2.01. The standard InChI is InChI=1S/C7H11NO2.C5H7NO2/c1-2-10-7(9)6-4-3-5-8-6;7-5(8)4-2-1-3-6-4/h4,8H,2-3,5H2,1H3;2,6H,1,3H2,(H,7,8). The van der Waals surface area contributed by atoms with E-state index < -0.39 is 5.97 Å². The maximum absolute atomic E-state index is 10.9. The van der Waals surface area contributed by atoms with Crippen molar-refractivity contribution in [2.45, 2.75) is 19.8 Å². The second kappa shape index (κ2) is 7.37. The summed E-state index contributed by atoms with van der Waals surface area (Å²) < 4.78 is 4.76. The summed E-state index contributed by atoms with van der Waals surface area (Å²) in [5.74, 6) is -1.09. The molecule has 18 heavy (non-hydrogen) atoms. The van der Waals surface area contributed by atoms with E-state index >= 15 is 0 Å². The molecule has 0 aromatic carbocycles. The molecule has 6 heteroatoms. The van der Waals surface area contributed by atoms with Crippen LogP contribution < -0.4 is 10.6 Å². The third-order valence-electron chi connectivity index (χ3n) is 2.34. The molecule has 0 radical (unpaired) electrons. The van der Waals surface area contributed by atoms with Gasteiger partial charge in [-0.1, -0.05) is 12.2 Å². The Morgan fingerprint density at radius 1 is 1.22 bits per heavy atom. The number of hydrogen-bond donors (Lipinski definition) is 3. The zero-order valence-corrected chi connectivity index (χ0v) is 10.4. The fourth-order valence-corrected chi connectivity index (χ4v) is 1.52. The topological polar surface area (TPSA) is 87.7 Å². The first-order valence-corrected chi connectivity index (χ1v) is 5.93. The van der Waals surface area contributed by atoms with Gasteiger partial charge in [-0.05, 0) is 19.8 Å². The first-order chi connectivity index (χ1) is 8.65. The van der Waals surface area contributed by atoms with Crippen molar-refractivity contribution in [1.29, 1.82) is 0 Å². The first kappa shape index (κ1) is 14.1. The van der Waals surface area contributed by atoms with Crippen molar-refractivity contribution in [2.75, 3.05) is 19.7 Å². The van der Waals surface area contributed by atoms with E-state index in [1.807, 2.05) is 6.08 Å².